The van der Waals surface area contributed by atoms with Crippen molar-refractivity contribution in [3.63, 3.8) is 0 Å². The van der Waals surface area contributed by atoms with Crippen LogP contribution in [0.5, 0.6) is 0 Å². The van der Waals surface area contributed by atoms with Crippen LogP contribution in [0.2, 0.25) is 0 Å². The third-order valence-electron chi connectivity index (χ3n) is 3.29. The van der Waals surface area contributed by atoms with Crippen LogP contribution in [-0.4, -0.2) is 18.4 Å². The Labute approximate surface area is 93.4 Å². The van der Waals surface area contributed by atoms with Crippen LogP contribution in [0.4, 0.5) is 0 Å². The van der Waals surface area contributed by atoms with Gasteiger partial charge < -0.3 is 4.74 Å². The number of esters is 1. The average molecular weight is 229 g/mol. The van der Waals surface area contributed by atoms with Crippen LogP contribution in [-0.2, 0) is 14.3 Å². The summed E-state index contributed by atoms with van der Waals surface area (Å²) in [6, 6.07) is 0. The maximum atomic E-state index is 11.5. The van der Waals surface area contributed by atoms with Crippen molar-refractivity contribution in [2.24, 2.45) is 5.41 Å². The Morgan fingerprint density at radius 2 is 2.13 bits per heavy atom. The minimum atomic E-state index is -0.778. The summed E-state index contributed by atoms with van der Waals surface area (Å²) in [7, 11) is 0. The zero-order chi connectivity index (χ0) is 11.1. The van der Waals surface area contributed by atoms with Crippen LogP contribution in [0.1, 0.15) is 32.6 Å². The number of ketones is 1. The lowest BCUT2D eigenvalue weighted by Crippen LogP contribution is -2.41. The first kappa shape index (κ1) is 10.7. The van der Waals surface area contributed by atoms with Crippen LogP contribution in [0.15, 0.2) is 10.6 Å². The van der Waals surface area contributed by atoms with Crippen molar-refractivity contribution in [1.29, 1.82) is 0 Å². The molecule has 0 amide bonds. The molecule has 1 fully saturated rings. The molecule has 2 aliphatic rings. The molecule has 0 aromatic heterocycles. The molecule has 0 aromatic carbocycles. The van der Waals surface area contributed by atoms with Crippen molar-refractivity contribution in [2.45, 2.75) is 32.6 Å². The third kappa shape index (κ3) is 1.49. The molecular weight excluding hydrogens is 216 g/mol. The fourth-order valence-electron chi connectivity index (χ4n) is 2.21. The number of hydrogen-bond acceptors (Lipinski definition) is 3. The highest BCUT2D eigenvalue weighted by Gasteiger charge is 2.51. The molecule has 4 heteroatoms. The second kappa shape index (κ2) is 3.63. The Balaban J connectivity index is 2.07. The van der Waals surface area contributed by atoms with Crippen molar-refractivity contribution >= 4 is 23.4 Å². The van der Waals surface area contributed by atoms with Crippen LogP contribution < -0.4 is 0 Å². The van der Waals surface area contributed by atoms with Gasteiger partial charge in [0, 0.05) is 16.0 Å². The van der Waals surface area contributed by atoms with Gasteiger partial charge in [-0.1, -0.05) is 18.0 Å². The molecular formula is C11H13ClO3. The molecule has 0 aliphatic heterocycles. The van der Waals surface area contributed by atoms with Crippen LogP contribution in [0.25, 0.3) is 0 Å². The lowest BCUT2D eigenvalue weighted by molar-refractivity contribution is -0.152. The average Bonchev–Trinajstić information content (AvgIpc) is 2.13. The fourth-order valence-corrected chi connectivity index (χ4v) is 2.62. The Morgan fingerprint density at radius 1 is 1.47 bits per heavy atom. The van der Waals surface area contributed by atoms with Gasteiger partial charge in [-0.2, -0.15) is 0 Å². The summed E-state index contributed by atoms with van der Waals surface area (Å²) >= 11 is 6.06. The van der Waals surface area contributed by atoms with Crippen molar-refractivity contribution in [3.05, 3.63) is 10.6 Å². The van der Waals surface area contributed by atoms with Gasteiger partial charge in [0.05, 0.1) is 6.61 Å². The molecule has 0 N–H and O–H groups in total. The zero-order valence-corrected chi connectivity index (χ0v) is 9.39. The topological polar surface area (TPSA) is 43.4 Å². The van der Waals surface area contributed by atoms with Gasteiger partial charge in [-0.3, -0.25) is 4.79 Å². The Morgan fingerprint density at radius 3 is 2.53 bits per heavy atom. The Bertz CT molecular complexity index is 353. The quantitative estimate of drug-likeness (QED) is 0.549. The molecule has 0 atom stereocenters. The predicted molar refractivity (Wildman–Crippen MR) is 55.4 cm³/mol. The van der Waals surface area contributed by atoms with E-state index in [9.17, 15) is 9.59 Å². The number of Topliss-reactive ketones (excluding diaryl/α,β-unsaturated/α-hetero) is 1. The minimum absolute atomic E-state index is 0.0546. The van der Waals surface area contributed by atoms with Crippen LogP contribution in [0.3, 0.4) is 0 Å². The molecule has 2 aliphatic carbocycles. The molecule has 15 heavy (non-hydrogen) atoms. The summed E-state index contributed by atoms with van der Waals surface area (Å²) < 4.78 is 4.65. The normalized spacial score (nSPS) is 22.0. The summed E-state index contributed by atoms with van der Waals surface area (Å²) in [5, 5.41) is 0.604. The van der Waals surface area contributed by atoms with E-state index in [1.54, 1.807) is 6.92 Å². The van der Waals surface area contributed by atoms with Crippen molar-refractivity contribution in [2.75, 3.05) is 6.61 Å². The lowest BCUT2D eigenvalue weighted by atomic mass is 9.57. The number of allylic oxidation sites excluding steroid dienone is 1. The summed E-state index contributed by atoms with van der Waals surface area (Å²) in [5.41, 5.74) is 0.522. The second-order valence-corrected chi connectivity index (χ2v) is 4.53. The monoisotopic (exact) mass is 228 g/mol. The molecule has 0 unspecified atom stereocenters. The first-order chi connectivity index (χ1) is 7.10. The highest BCUT2D eigenvalue weighted by Crippen LogP contribution is 2.60. The molecule has 1 saturated carbocycles. The van der Waals surface area contributed by atoms with Gasteiger partial charge in [0.2, 0.25) is 0 Å². The number of carbonyl (C=O) groups excluding carboxylic acids is 2. The zero-order valence-electron chi connectivity index (χ0n) is 8.64. The van der Waals surface area contributed by atoms with E-state index in [-0.39, 0.29) is 12.0 Å². The van der Waals surface area contributed by atoms with E-state index in [2.05, 4.69) is 4.74 Å². The van der Waals surface area contributed by atoms with E-state index < -0.39 is 11.8 Å². The van der Waals surface area contributed by atoms with Gasteiger partial charge in [-0.05, 0) is 26.2 Å². The molecule has 3 nitrogen and oxygen atoms in total. The van der Waals surface area contributed by atoms with Gasteiger partial charge in [-0.25, -0.2) is 4.79 Å². The third-order valence-corrected chi connectivity index (χ3v) is 3.92. The van der Waals surface area contributed by atoms with Gasteiger partial charge in [0.15, 0.2) is 0 Å². The second-order valence-electron chi connectivity index (χ2n) is 4.15. The van der Waals surface area contributed by atoms with Crippen molar-refractivity contribution in [1.82, 2.24) is 0 Å². The first-order valence-electron chi connectivity index (χ1n) is 5.21. The van der Waals surface area contributed by atoms with Gasteiger partial charge in [0.25, 0.3) is 5.78 Å². The van der Waals surface area contributed by atoms with E-state index in [4.69, 9.17) is 11.6 Å². The molecule has 2 rings (SSSR count). The van der Waals surface area contributed by atoms with Crippen LogP contribution >= 0.6 is 11.6 Å². The SMILES string of the molecule is CCOC(=O)C(=O)C1=C(Cl)C2(CCC2)C1. The Kier molecular flexibility index (Phi) is 2.59. The van der Waals surface area contributed by atoms with E-state index in [0.29, 0.717) is 17.0 Å². The largest absolute Gasteiger partial charge is 0.460 e. The smallest absolute Gasteiger partial charge is 0.379 e. The first-order valence-corrected chi connectivity index (χ1v) is 5.59. The van der Waals surface area contributed by atoms with Gasteiger partial charge in [0.1, 0.15) is 0 Å². The maximum absolute atomic E-state index is 11.5. The van der Waals surface area contributed by atoms with Crippen LogP contribution in [0, 0.1) is 5.41 Å². The van der Waals surface area contributed by atoms with Crippen molar-refractivity contribution < 1.29 is 14.3 Å². The van der Waals surface area contributed by atoms with E-state index in [1.165, 1.54) is 0 Å². The van der Waals surface area contributed by atoms with Crippen molar-refractivity contribution in [3.8, 4) is 0 Å². The molecule has 82 valence electrons. The standard InChI is InChI=1S/C11H13ClO3/c1-2-15-10(14)8(13)7-6-11(9(7)12)4-3-5-11/h2-6H2,1H3. The number of halogens is 1. The predicted octanol–water partition coefficient (Wildman–Crippen LogP) is 2.19. The molecule has 0 bridgehead atoms. The number of rotatable bonds is 3. The summed E-state index contributed by atoms with van der Waals surface area (Å²) in [4.78, 5) is 22.7. The van der Waals surface area contributed by atoms with Gasteiger partial charge in [-0.15, -0.1) is 0 Å². The summed E-state index contributed by atoms with van der Waals surface area (Å²) in [6.07, 6.45) is 3.91. The minimum Gasteiger partial charge on any atom is -0.460 e. The molecule has 0 radical (unpaired) electrons. The van der Waals surface area contributed by atoms with E-state index in [1.807, 2.05) is 0 Å². The fraction of sp³-hybridized carbons (Fsp3) is 0.636. The molecule has 0 aromatic rings. The molecule has 0 heterocycles. The maximum Gasteiger partial charge on any atom is 0.379 e. The summed E-state index contributed by atoms with van der Waals surface area (Å²) in [5.74, 6) is -1.33. The van der Waals surface area contributed by atoms with E-state index in [0.717, 1.165) is 19.3 Å². The highest BCUT2D eigenvalue weighted by atomic mass is 35.5. The number of carbonyl (C=O) groups is 2. The highest BCUT2D eigenvalue weighted by molar-refractivity contribution is 6.45. The number of ether oxygens (including phenoxy) is 1. The summed E-state index contributed by atoms with van der Waals surface area (Å²) in [6.45, 7) is 1.90. The molecule has 0 saturated heterocycles. The lowest BCUT2D eigenvalue weighted by Gasteiger charge is -2.49. The molecule has 1 spiro atoms. The van der Waals surface area contributed by atoms with Gasteiger partial charge >= 0.3 is 5.97 Å². The number of hydrogen-bond donors (Lipinski definition) is 0. The Hall–Kier alpha value is -0.830. The van der Waals surface area contributed by atoms with E-state index >= 15 is 0 Å².